The molecule has 0 radical (unpaired) electrons. The van der Waals surface area contributed by atoms with Crippen LogP contribution in [0.3, 0.4) is 0 Å². The van der Waals surface area contributed by atoms with Crippen molar-refractivity contribution in [1.29, 1.82) is 0 Å². The van der Waals surface area contributed by atoms with Crippen molar-refractivity contribution in [3.8, 4) is 5.75 Å². The normalized spacial score (nSPS) is 23.7. The number of rotatable bonds is 4. The summed E-state index contributed by atoms with van der Waals surface area (Å²) in [6.45, 7) is 4.27. The number of benzene rings is 1. The SMILES string of the molecule is CCC(C)(O)C(O)CC1CCOc2ccccc21. The third-order valence-corrected chi connectivity index (χ3v) is 4.02. The summed E-state index contributed by atoms with van der Waals surface area (Å²) in [5.74, 6) is 1.18. The van der Waals surface area contributed by atoms with Crippen LogP contribution in [0, 0.1) is 0 Å². The maximum atomic E-state index is 10.2. The highest BCUT2D eigenvalue weighted by atomic mass is 16.5. The fraction of sp³-hybridized carbons (Fsp3) is 0.600. The molecule has 3 atom stereocenters. The molecule has 18 heavy (non-hydrogen) atoms. The minimum absolute atomic E-state index is 0.267. The fourth-order valence-electron chi connectivity index (χ4n) is 2.42. The minimum atomic E-state index is -1.01. The Bertz CT molecular complexity index is 400. The number of para-hydroxylation sites is 1. The maximum absolute atomic E-state index is 10.2. The largest absolute Gasteiger partial charge is 0.493 e. The van der Waals surface area contributed by atoms with Crippen molar-refractivity contribution >= 4 is 0 Å². The number of aliphatic hydroxyl groups is 2. The van der Waals surface area contributed by atoms with Gasteiger partial charge < -0.3 is 14.9 Å². The smallest absolute Gasteiger partial charge is 0.122 e. The van der Waals surface area contributed by atoms with Crippen LogP contribution < -0.4 is 4.74 Å². The quantitative estimate of drug-likeness (QED) is 0.863. The van der Waals surface area contributed by atoms with Crippen LogP contribution in [0.2, 0.25) is 0 Å². The van der Waals surface area contributed by atoms with Crippen molar-refractivity contribution in [3.05, 3.63) is 29.8 Å². The number of hydrogen-bond donors (Lipinski definition) is 2. The lowest BCUT2D eigenvalue weighted by atomic mass is 9.83. The van der Waals surface area contributed by atoms with Crippen LogP contribution in [-0.2, 0) is 0 Å². The van der Waals surface area contributed by atoms with E-state index in [4.69, 9.17) is 4.74 Å². The first-order valence-corrected chi connectivity index (χ1v) is 6.66. The molecule has 2 N–H and O–H groups in total. The molecule has 0 saturated carbocycles. The van der Waals surface area contributed by atoms with Crippen molar-refractivity contribution in [3.63, 3.8) is 0 Å². The molecule has 3 nitrogen and oxygen atoms in total. The van der Waals surface area contributed by atoms with E-state index >= 15 is 0 Å². The second kappa shape index (κ2) is 5.29. The van der Waals surface area contributed by atoms with E-state index in [0.717, 1.165) is 17.7 Å². The van der Waals surface area contributed by atoms with Crippen LogP contribution in [-0.4, -0.2) is 28.5 Å². The topological polar surface area (TPSA) is 49.7 Å². The lowest BCUT2D eigenvalue weighted by molar-refractivity contribution is -0.0708. The average molecular weight is 250 g/mol. The van der Waals surface area contributed by atoms with Crippen LogP contribution in [0.1, 0.15) is 44.6 Å². The Kier molecular flexibility index (Phi) is 3.93. The molecule has 2 rings (SSSR count). The molecule has 3 heteroatoms. The summed E-state index contributed by atoms with van der Waals surface area (Å²) in [6.07, 6.45) is 1.34. The highest BCUT2D eigenvalue weighted by Gasteiger charge is 2.32. The Hall–Kier alpha value is -1.06. The van der Waals surface area contributed by atoms with Crippen LogP contribution in [0.5, 0.6) is 5.75 Å². The van der Waals surface area contributed by atoms with Gasteiger partial charge in [-0.2, -0.15) is 0 Å². The van der Waals surface area contributed by atoms with Gasteiger partial charge in [0.25, 0.3) is 0 Å². The van der Waals surface area contributed by atoms with Crippen LogP contribution >= 0.6 is 0 Å². The molecule has 100 valence electrons. The molecular formula is C15H22O3. The number of hydrogen-bond acceptors (Lipinski definition) is 3. The molecule has 1 heterocycles. The molecule has 0 aromatic heterocycles. The lowest BCUT2D eigenvalue weighted by Crippen LogP contribution is -2.39. The zero-order valence-electron chi connectivity index (χ0n) is 11.1. The average Bonchev–Trinajstić information content (AvgIpc) is 2.39. The maximum Gasteiger partial charge on any atom is 0.122 e. The Morgan fingerprint density at radius 3 is 2.89 bits per heavy atom. The van der Waals surface area contributed by atoms with Gasteiger partial charge in [-0.05, 0) is 43.7 Å². The molecule has 0 aliphatic carbocycles. The fourth-order valence-corrected chi connectivity index (χ4v) is 2.42. The van der Waals surface area contributed by atoms with Gasteiger partial charge in [0.1, 0.15) is 5.75 Å². The van der Waals surface area contributed by atoms with E-state index in [0.29, 0.717) is 19.4 Å². The Morgan fingerprint density at radius 1 is 1.44 bits per heavy atom. The van der Waals surface area contributed by atoms with Crippen molar-refractivity contribution in [2.24, 2.45) is 0 Å². The van der Waals surface area contributed by atoms with Gasteiger partial charge in [-0.1, -0.05) is 25.1 Å². The monoisotopic (exact) mass is 250 g/mol. The second-order valence-corrected chi connectivity index (χ2v) is 5.33. The van der Waals surface area contributed by atoms with Gasteiger partial charge in [0.2, 0.25) is 0 Å². The van der Waals surface area contributed by atoms with Crippen molar-refractivity contribution in [2.45, 2.75) is 50.7 Å². The van der Waals surface area contributed by atoms with Gasteiger partial charge in [-0.15, -0.1) is 0 Å². The highest BCUT2D eigenvalue weighted by Crippen LogP contribution is 2.37. The first-order chi connectivity index (χ1) is 8.54. The van der Waals surface area contributed by atoms with E-state index in [1.807, 2.05) is 31.2 Å². The van der Waals surface area contributed by atoms with E-state index in [-0.39, 0.29) is 5.92 Å². The Labute approximate surface area is 108 Å². The van der Waals surface area contributed by atoms with E-state index in [9.17, 15) is 10.2 Å². The van der Waals surface area contributed by atoms with E-state index < -0.39 is 11.7 Å². The van der Waals surface area contributed by atoms with Crippen LogP contribution in [0.25, 0.3) is 0 Å². The van der Waals surface area contributed by atoms with Crippen molar-refractivity contribution in [1.82, 2.24) is 0 Å². The van der Waals surface area contributed by atoms with Gasteiger partial charge in [0.05, 0.1) is 18.3 Å². The molecule has 0 fully saturated rings. The Balaban J connectivity index is 2.12. The van der Waals surface area contributed by atoms with E-state index in [1.165, 1.54) is 0 Å². The molecule has 3 unspecified atom stereocenters. The highest BCUT2D eigenvalue weighted by molar-refractivity contribution is 5.37. The molecule has 0 saturated heterocycles. The summed E-state index contributed by atoms with van der Waals surface area (Å²) < 4.78 is 5.60. The van der Waals surface area contributed by atoms with Gasteiger partial charge in [0, 0.05) is 0 Å². The standard InChI is InChI=1S/C15H22O3/c1-3-15(2,17)14(16)10-11-8-9-18-13-7-5-4-6-12(11)13/h4-7,11,14,16-17H,3,8-10H2,1-2H3. The van der Waals surface area contributed by atoms with Crippen LogP contribution in [0.15, 0.2) is 24.3 Å². The van der Waals surface area contributed by atoms with Gasteiger partial charge in [0.15, 0.2) is 0 Å². The van der Waals surface area contributed by atoms with Crippen molar-refractivity contribution < 1.29 is 14.9 Å². The van der Waals surface area contributed by atoms with Gasteiger partial charge in [-0.25, -0.2) is 0 Å². The lowest BCUT2D eigenvalue weighted by Gasteiger charge is -2.33. The predicted octanol–water partition coefficient (Wildman–Crippen LogP) is 2.46. The predicted molar refractivity (Wildman–Crippen MR) is 70.8 cm³/mol. The number of ether oxygens (including phenoxy) is 1. The molecule has 0 bridgehead atoms. The third kappa shape index (κ3) is 2.68. The Morgan fingerprint density at radius 2 is 2.17 bits per heavy atom. The first-order valence-electron chi connectivity index (χ1n) is 6.66. The summed E-state index contributed by atoms with van der Waals surface area (Å²) in [7, 11) is 0. The van der Waals surface area contributed by atoms with E-state index in [1.54, 1.807) is 6.92 Å². The zero-order chi connectivity index (χ0) is 13.2. The number of aliphatic hydroxyl groups excluding tert-OH is 1. The van der Waals surface area contributed by atoms with Gasteiger partial charge in [-0.3, -0.25) is 0 Å². The molecule has 1 aromatic rings. The first kappa shape index (κ1) is 13.4. The molecule has 0 spiro atoms. The summed E-state index contributed by atoms with van der Waals surface area (Å²) in [4.78, 5) is 0. The number of fused-ring (bicyclic) bond motifs is 1. The zero-order valence-corrected chi connectivity index (χ0v) is 11.1. The summed E-state index contributed by atoms with van der Waals surface area (Å²) in [6, 6.07) is 7.96. The molecule has 0 amide bonds. The van der Waals surface area contributed by atoms with Gasteiger partial charge >= 0.3 is 0 Å². The molecule has 1 aliphatic heterocycles. The molecular weight excluding hydrogens is 228 g/mol. The van der Waals surface area contributed by atoms with E-state index in [2.05, 4.69) is 0 Å². The van der Waals surface area contributed by atoms with Crippen LogP contribution in [0.4, 0.5) is 0 Å². The summed E-state index contributed by atoms with van der Waals surface area (Å²) in [5.41, 5.74) is 0.141. The minimum Gasteiger partial charge on any atom is -0.493 e. The second-order valence-electron chi connectivity index (χ2n) is 5.33. The summed E-state index contributed by atoms with van der Waals surface area (Å²) >= 11 is 0. The molecule has 1 aromatic carbocycles. The molecule has 1 aliphatic rings. The summed E-state index contributed by atoms with van der Waals surface area (Å²) in [5, 5.41) is 20.3. The third-order valence-electron chi connectivity index (χ3n) is 4.02. The van der Waals surface area contributed by atoms with Crippen molar-refractivity contribution in [2.75, 3.05) is 6.61 Å².